The van der Waals surface area contributed by atoms with Crippen LogP contribution in [0.1, 0.15) is 6.92 Å². The van der Waals surface area contributed by atoms with Crippen molar-refractivity contribution in [2.45, 2.75) is 13.0 Å². The van der Waals surface area contributed by atoms with Crippen LogP contribution in [0.4, 0.5) is 0 Å². The molecule has 3 heteroatoms. The Morgan fingerprint density at radius 1 is 1.27 bits per heavy atom. The lowest BCUT2D eigenvalue weighted by atomic mass is 10.2. The maximum atomic E-state index is 10.3. The summed E-state index contributed by atoms with van der Waals surface area (Å²) in [6, 6.07) is -0.0244. The molecule has 1 unspecified atom stereocenters. The van der Waals surface area contributed by atoms with Gasteiger partial charge in [-0.2, -0.15) is 0 Å². The van der Waals surface area contributed by atoms with Crippen LogP contribution in [0, 0.1) is 0 Å². The van der Waals surface area contributed by atoms with Crippen LogP contribution in [0.5, 0.6) is 0 Å². The first kappa shape index (κ1) is 8.68. The summed E-state index contributed by atoms with van der Waals surface area (Å²) in [5, 5.41) is 0. The van der Waals surface area contributed by atoms with E-state index in [1.165, 1.54) is 0 Å². The third kappa shape index (κ3) is 2.27. The van der Waals surface area contributed by atoms with Crippen molar-refractivity contribution in [2.75, 3.05) is 33.2 Å². The standard InChI is InChI=1S/C8H15N2O/c1-8(7-11)10-5-3-9(2)4-6-10/h8H,3-6H2,1-2H3. The van der Waals surface area contributed by atoms with E-state index < -0.39 is 0 Å². The van der Waals surface area contributed by atoms with E-state index in [4.69, 9.17) is 0 Å². The quantitative estimate of drug-likeness (QED) is 0.548. The van der Waals surface area contributed by atoms with Gasteiger partial charge >= 0.3 is 0 Å². The van der Waals surface area contributed by atoms with E-state index in [0.717, 1.165) is 26.2 Å². The minimum absolute atomic E-state index is 0.0244. The average molecular weight is 155 g/mol. The highest BCUT2D eigenvalue weighted by Crippen LogP contribution is 2.02. The molecule has 0 bridgehead atoms. The molecule has 3 nitrogen and oxygen atoms in total. The first-order valence-corrected chi connectivity index (χ1v) is 4.04. The molecule has 1 heterocycles. The van der Waals surface area contributed by atoms with Crippen molar-refractivity contribution in [3.63, 3.8) is 0 Å². The summed E-state index contributed by atoms with van der Waals surface area (Å²) in [5.74, 6) is 0. The maximum Gasteiger partial charge on any atom is 0.216 e. The largest absolute Gasteiger partial charge is 0.304 e. The highest BCUT2D eigenvalue weighted by Gasteiger charge is 2.18. The minimum Gasteiger partial charge on any atom is -0.304 e. The van der Waals surface area contributed by atoms with Gasteiger partial charge in [-0.3, -0.25) is 9.69 Å². The molecule has 0 aromatic heterocycles. The van der Waals surface area contributed by atoms with Crippen LogP contribution < -0.4 is 0 Å². The van der Waals surface area contributed by atoms with Gasteiger partial charge in [0.15, 0.2) is 0 Å². The van der Waals surface area contributed by atoms with Crippen molar-refractivity contribution in [2.24, 2.45) is 0 Å². The molecule has 63 valence electrons. The topological polar surface area (TPSA) is 23.6 Å². The molecule has 0 aliphatic carbocycles. The van der Waals surface area contributed by atoms with Crippen LogP contribution in [-0.4, -0.2) is 55.4 Å². The number of carbonyl (C=O) groups excluding carboxylic acids is 1. The molecule has 1 atom stereocenters. The predicted molar refractivity (Wildman–Crippen MR) is 44.2 cm³/mol. The summed E-state index contributed by atoms with van der Waals surface area (Å²) in [5.41, 5.74) is 0. The lowest BCUT2D eigenvalue weighted by Gasteiger charge is -2.33. The monoisotopic (exact) mass is 155 g/mol. The fraction of sp³-hybridized carbons (Fsp3) is 0.875. The molecule has 1 saturated heterocycles. The normalized spacial score (nSPS) is 24.9. The van der Waals surface area contributed by atoms with Crippen molar-refractivity contribution in [3.05, 3.63) is 0 Å². The summed E-state index contributed by atoms with van der Waals surface area (Å²) in [4.78, 5) is 14.7. The second kappa shape index (κ2) is 3.83. The van der Waals surface area contributed by atoms with E-state index >= 15 is 0 Å². The van der Waals surface area contributed by atoms with Crippen molar-refractivity contribution in [3.8, 4) is 0 Å². The van der Waals surface area contributed by atoms with Gasteiger partial charge in [0.05, 0.1) is 6.04 Å². The molecule has 1 aliphatic heterocycles. The Balaban J connectivity index is 2.32. The molecule has 0 saturated carbocycles. The van der Waals surface area contributed by atoms with Crippen molar-refractivity contribution < 1.29 is 4.79 Å². The van der Waals surface area contributed by atoms with Gasteiger partial charge in [0, 0.05) is 26.2 Å². The SMILES string of the molecule is CC([C]=O)N1CCN(C)CC1. The van der Waals surface area contributed by atoms with Crippen LogP contribution in [0.3, 0.4) is 0 Å². The fourth-order valence-corrected chi connectivity index (χ4v) is 1.28. The zero-order chi connectivity index (χ0) is 8.27. The molecular formula is C8H15N2O. The van der Waals surface area contributed by atoms with E-state index in [1.807, 2.05) is 13.2 Å². The minimum atomic E-state index is -0.0244. The number of likely N-dealkylation sites (N-methyl/N-ethyl adjacent to an activating group) is 1. The van der Waals surface area contributed by atoms with Gasteiger partial charge < -0.3 is 4.90 Å². The molecule has 1 aliphatic rings. The van der Waals surface area contributed by atoms with Crippen LogP contribution in [0.15, 0.2) is 0 Å². The lowest BCUT2D eigenvalue weighted by Crippen LogP contribution is -2.48. The summed E-state index contributed by atoms with van der Waals surface area (Å²) in [6.45, 7) is 6.01. The van der Waals surface area contributed by atoms with Gasteiger partial charge in [-0.15, -0.1) is 0 Å². The van der Waals surface area contributed by atoms with E-state index in [9.17, 15) is 4.79 Å². The van der Waals surface area contributed by atoms with Crippen molar-refractivity contribution >= 4 is 6.29 Å². The van der Waals surface area contributed by atoms with Gasteiger partial charge in [0.25, 0.3) is 0 Å². The first-order valence-electron chi connectivity index (χ1n) is 4.04. The number of nitrogens with zero attached hydrogens (tertiary/aromatic N) is 2. The summed E-state index contributed by atoms with van der Waals surface area (Å²) < 4.78 is 0. The average Bonchev–Trinajstić information content (AvgIpc) is 2.05. The Morgan fingerprint density at radius 2 is 1.82 bits per heavy atom. The molecule has 0 aromatic rings. The number of hydrogen-bond acceptors (Lipinski definition) is 3. The van der Waals surface area contributed by atoms with E-state index in [0.29, 0.717) is 0 Å². The van der Waals surface area contributed by atoms with Gasteiger partial charge in [0.2, 0.25) is 6.29 Å². The molecule has 0 spiro atoms. The fourth-order valence-electron chi connectivity index (χ4n) is 1.28. The van der Waals surface area contributed by atoms with Crippen LogP contribution in [0.25, 0.3) is 0 Å². The van der Waals surface area contributed by atoms with Crippen LogP contribution in [0.2, 0.25) is 0 Å². The smallest absolute Gasteiger partial charge is 0.216 e. The maximum absolute atomic E-state index is 10.3. The van der Waals surface area contributed by atoms with Crippen molar-refractivity contribution in [1.82, 2.24) is 9.80 Å². The van der Waals surface area contributed by atoms with E-state index in [2.05, 4.69) is 16.8 Å². The van der Waals surface area contributed by atoms with Gasteiger partial charge in [-0.25, -0.2) is 0 Å². The molecule has 11 heavy (non-hydrogen) atoms. The summed E-state index contributed by atoms with van der Waals surface area (Å²) in [6.07, 6.45) is 2.01. The molecule has 1 rings (SSSR count). The predicted octanol–water partition coefficient (Wildman–Crippen LogP) is -0.268. The first-order chi connectivity index (χ1) is 5.24. The second-order valence-electron chi connectivity index (χ2n) is 3.13. The van der Waals surface area contributed by atoms with Crippen LogP contribution >= 0.6 is 0 Å². The van der Waals surface area contributed by atoms with Crippen molar-refractivity contribution in [1.29, 1.82) is 0 Å². The number of piperazine rings is 1. The highest BCUT2D eigenvalue weighted by atomic mass is 16.1. The number of rotatable bonds is 2. The molecular weight excluding hydrogens is 140 g/mol. The van der Waals surface area contributed by atoms with Gasteiger partial charge in [-0.05, 0) is 14.0 Å². The Kier molecular flexibility index (Phi) is 3.02. The van der Waals surface area contributed by atoms with Crippen LogP contribution in [-0.2, 0) is 4.79 Å². The number of hydrogen-bond donors (Lipinski definition) is 0. The molecule has 0 amide bonds. The zero-order valence-corrected chi connectivity index (χ0v) is 7.21. The Labute approximate surface area is 68.0 Å². The van der Waals surface area contributed by atoms with Gasteiger partial charge in [-0.1, -0.05) is 0 Å². The second-order valence-corrected chi connectivity index (χ2v) is 3.13. The Hall–Kier alpha value is -0.410. The molecule has 0 N–H and O–H groups in total. The van der Waals surface area contributed by atoms with E-state index in [-0.39, 0.29) is 6.04 Å². The summed E-state index contributed by atoms with van der Waals surface area (Å²) >= 11 is 0. The molecule has 0 aromatic carbocycles. The lowest BCUT2D eigenvalue weighted by molar-refractivity contribution is 0.141. The molecule has 1 radical (unpaired) electrons. The van der Waals surface area contributed by atoms with Gasteiger partial charge in [0.1, 0.15) is 0 Å². The highest BCUT2D eigenvalue weighted by molar-refractivity contribution is 5.57. The Bertz CT molecular complexity index is 130. The third-order valence-corrected chi connectivity index (χ3v) is 2.26. The van der Waals surface area contributed by atoms with E-state index in [1.54, 1.807) is 0 Å². The zero-order valence-electron chi connectivity index (χ0n) is 7.21. The molecule has 1 fully saturated rings. The Morgan fingerprint density at radius 3 is 2.27 bits per heavy atom. The summed E-state index contributed by atoms with van der Waals surface area (Å²) in [7, 11) is 2.10. The third-order valence-electron chi connectivity index (χ3n) is 2.26.